The summed E-state index contributed by atoms with van der Waals surface area (Å²) in [7, 11) is 1.54. The molecule has 0 aliphatic rings. The molecule has 0 atom stereocenters. The van der Waals surface area contributed by atoms with Crippen molar-refractivity contribution in [3.8, 4) is 17.1 Å². The maximum absolute atomic E-state index is 14.3. The van der Waals surface area contributed by atoms with Crippen molar-refractivity contribution in [3.63, 3.8) is 0 Å². The lowest BCUT2D eigenvalue weighted by atomic mass is 10.0. The lowest BCUT2D eigenvalue weighted by molar-refractivity contribution is -0.309. The highest BCUT2D eigenvalue weighted by atomic mass is 32.2. The molecule has 0 unspecified atom stereocenters. The maximum Gasteiger partial charge on any atom is 0.376 e. The largest absolute Gasteiger partial charge is 0.496 e. The Bertz CT molecular complexity index is 1300. The van der Waals surface area contributed by atoms with Gasteiger partial charge >= 0.3 is 23.7 Å². The third-order valence-corrected chi connectivity index (χ3v) is 7.09. The molecule has 4 nitrogen and oxygen atoms in total. The molecule has 11 heteroatoms. The normalized spacial score (nSPS) is 12.5. The minimum atomic E-state index is -5.78. The number of rotatable bonds is 14. The highest BCUT2D eigenvalue weighted by Crippen LogP contribution is 2.48. The molecule has 0 amide bonds. The van der Waals surface area contributed by atoms with Crippen LogP contribution in [0.25, 0.3) is 22.3 Å². The SMILES string of the molecule is C=CC(=O)OCC(F)(F)C(F)(F)C(F)(F)CSc1ccc2cc(-c3ccc(CCCCC)cc3OC)oc2c1. The third kappa shape index (κ3) is 6.93. The average Bonchev–Trinajstić information content (AvgIpc) is 3.33. The van der Waals surface area contributed by atoms with Gasteiger partial charge in [-0.05, 0) is 54.8 Å². The Morgan fingerprint density at radius 1 is 1.03 bits per heavy atom. The Morgan fingerprint density at radius 3 is 2.44 bits per heavy atom. The van der Waals surface area contributed by atoms with Crippen LogP contribution in [0.4, 0.5) is 26.3 Å². The molecule has 0 saturated carbocycles. The Morgan fingerprint density at radius 2 is 1.77 bits per heavy atom. The molecule has 0 saturated heterocycles. The molecule has 1 heterocycles. The number of hydrogen-bond donors (Lipinski definition) is 0. The molecule has 212 valence electrons. The number of hydrogen-bond acceptors (Lipinski definition) is 5. The molecule has 2 aromatic carbocycles. The van der Waals surface area contributed by atoms with E-state index in [1.807, 2.05) is 18.2 Å². The number of esters is 1. The predicted molar refractivity (Wildman–Crippen MR) is 138 cm³/mol. The molecular weight excluding hydrogens is 546 g/mol. The first-order chi connectivity index (χ1) is 18.3. The number of unbranched alkanes of at least 4 members (excludes halogenated alkanes) is 2. The van der Waals surface area contributed by atoms with Crippen molar-refractivity contribution in [2.45, 2.75) is 55.3 Å². The lowest BCUT2D eigenvalue weighted by Gasteiger charge is -2.32. The summed E-state index contributed by atoms with van der Waals surface area (Å²) >= 11 is 0.266. The van der Waals surface area contributed by atoms with Crippen molar-refractivity contribution < 1.29 is 45.0 Å². The number of halogens is 6. The van der Waals surface area contributed by atoms with Crippen LogP contribution in [-0.4, -0.2) is 43.2 Å². The second kappa shape index (κ2) is 12.4. The lowest BCUT2D eigenvalue weighted by Crippen LogP contribution is -2.57. The van der Waals surface area contributed by atoms with Crippen LogP contribution >= 0.6 is 11.8 Å². The van der Waals surface area contributed by atoms with Crippen LogP contribution in [0.2, 0.25) is 0 Å². The van der Waals surface area contributed by atoms with Crippen molar-refractivity contribution in [3.05, 3.63) is 60.7 Å². The molecule has 0 fully saturated rings. The zero-order chi connectivity index (χ0) is 28.8. The van der Waals surface area contributed by atoms with Gasteiger partial charge in [0.25, 0.3) is 0 Å². The monoisotopic (exact) mass is 574 g/mol. The second-order valence-corrected chi connectivity index (χ2v) is 9.93. The Labute approximate surface area is 226 Å². The van der Waals surface area contributed by atoms with E-state index in [2.05, 4.69) is 18.2 Å². The van der Waals surface area contributed by atoms with E-state index in [9.17, 15) is 31.1 Å². The fourth-order valence-electron chi connectivity index (χ4n) is 3.75. The minimum absolute atomic E-state index is 0.110. The zero-order valence-electron chi connectivity index (χ0n) is 21.4. The molecule has 0 N–H and O–H groups in total. The van der Waals surface area contributed by atoms with Gasteiger partial charge in [0.1, 0.15) is 17.1 Å². The fourth-order valence-corrected chi connectivity index (χ4v) is 4.64. The van der Waals surface area contributed by atoms with Gasteiger partial charge in [0, 0.05) is 16.4 Å². The number of fused-ring (bicyclic) bond motifs is 1. The zero-order valence-corrected chi connectivity index (χ0v) is 22.2. The number of aryl methyl sites for hydroxylation is 1. The molecular formula is C28H28F6O4S. The summed E-state index contributed by atoms with van der Waals surface area (Å²) in [5.41, 5.74) is 2.08. The van der Waals surface area contributed by atoms with E-state index in [1.54, 1.807) is 12.1 Å². The van der Waals surface area contributed by atoms with Crippen LogP contribution in [0.3, 0.4) is 0 Å². The van der Waals surface area contributed by atoms with Gasteiger partial charge in [-0.1, -0.05) is 32.4 Å². The molecule has 39 heavy (non-hydrogen) atoms. The number of furan rings is 1. The van der Waals surface area contributed by atoms with Gasteiger partial charge in [-0.15, -0.1) is 11.8 Å². The molecule has 0 bridgehead atoms. The van der Waals surface area contributed by atoms with Gasteiger partial charge in [0.15, 0.2) is 6.61 Å². The van der Waals surface area contributed by atoms with Crippen LogP contribution in [0.5, 0.6) is 5.75 Å². The van der Waals surface area contributed by atoms with Gasteiger partial charge in [0.05, 0.1) is 18.4 Å². The van der Waals surface area contributed by atoms with E-state index < -0.39 is 36.1 Å². The molecule has 0 spiro atoms. The first-order valence-corrected chi connectivity index (χ1v) is 13.1. The molecule has 0 radical (unpaired) electrons. The summed E-state index contributed by atoms with van der Waals surface area (Å²) in [6.45, 7) is 2.84. The molecule has 1 aromatic heterocycles. The van der Waals surface area contributed by atoms with Crippen molar-refractivity contribution in [1.29, 1.82) is 0 Å². The van der Waals surface area contributed by atoms with Gasteiger partial charge in [-0.3, -0.25) is 0 Å². The number of carbonyl (C=O) groups excluding carboxylic acids is 1. The third-order valence-electron chi connectivity index (χ3n) is 5.99. The topological polar surface area (TPSA) is 48.7 Å². The highest BCUT2D eigenvalue weighted by molar-refractivity contribution is 7.99. The number of methoxy groups -OCH3 is 1. The van der Waals surface area contributed by atoms with Crippen molar-refractivity contribution >= 4 is 28.7 Å². The first-order valence-electron chi connectivity index (χ1n) is 12.1. The molecule has 3 aromatic rings. The van der Waals surface area contributed by atoms with Crippen LogP contribution < -0.4 is 4.74 Å². The second-order valence-electron chi connectivity index (χ2n) is 8.89. The number of carbonyl (C=O) groups is 1. The van der Waals surface area contributed by atoms with E-state index in [0.717, 1.165) is 31.2 Å². The fraction of sp³-hybridized carbons (Fsp3) is 0.393. The summed E-state index contributed by atoms with van der Waals surface area (Å²) in [5, 5.41) is 0.621. The molecule has 0 aliphatic heterocycles. The molecule has 3 rings (SSSR count). The quantitative estimate of drug-likeness (QED) is 0.0635. The number of ether oxygens (including phenoxy) is 2. The van der Waals surface area contributed by atoms with E-state index >= 15 is 0 Å². The highest BCUT2D eigenvalue weighted by Gasteiger charge is 2.71. The van der Waals surface area contributed by atoms with E-state index in [-0.39, 0.29) is 16.7 Å². The van der Waals surface area contributed by atoms with E-state index in [4.69, 9.17) is 9.15 Å². The summed E-state index contributed by atoms with van der Waals surface area (Å²) < 4.78 is 99.9. The number of thioether (sulfide) groups is 1. The Kier molecular flexibility index (Phi) is 9.69. The van der Waals surface area contributed by atoms with Gasteiger partial charge in [-0.25, -0.2) is 4.79 Å². The standard InChI is InChI=1S/C28H28F6O4S/c1-4-6-7-8-18-9-12-21(23(13-18)36-3)24-14-19-10-11-20(15-22(19)38-24)39-17-27(31,32)28(33,34)26(29,30)16-37-25(35)5-2/h5,9-15H,2,4,6-8,16-17H2,1,3H3. The van der Waals surface area contributed by atoms with E-state index in [0.29, 0.717) is 34.1 Å². The van der Waals surface area contributed by atoms with Crippen LogP contribution in [0, 0.1) is 0 Å². The van der Waals surface area contributed by atoms with Crippen LogP contribution in [-0.2, 0) is 16.0 Å². The summed E-state index contributed by atoms with van der Waals surface area (Å²) in [6, 6.07) is 11.8. The van der Waals surface area contributed by atoms with Crippen molar-refractivity contribution in [2.24, 2.45) is 0 Å². The summed E-state index contributed by atoms with van der Waals surface area (Å²) in [6.07, 6.45) is 4.63. The number of alkyl halides is 6. The number of benzene rings is 2. The summed E-state index contributed by atoms with van der Waals surface area (Å²) in [4.78, 5) is 11.0. The molecule has 0 aliphatic carbocycles. The van der Waals surface area contributed by atoms with Crippen LogP contribution in [0.1, 0.15) is 31.7 Å². The minimum Gasteiger partial charge on any atom is -0.496 e. The predicted octanol–water partition coefficient (Wildman–Crippen LogP) is 8.57. The first kappa shape index (κ1) is 30.5. The van der Waals surface area contributed by atoms with Crippen LogP contribution in [0.15, 0.2) is 64.4 Å². The van der Waals surface area contributed by atoms with Gasteiger partial charge in [-0.2, -0.15) is 26.3 Å². The maximum atomic E-state index is 14.3. The smallest absolute Gasteiger partial charge is 0.376 e. The summed E-state index contributed by atoms with van der Waals surface area (Å²) in [5.74, 6) is -18.3. The van der Waals surface area contributed by atoms with Gasteiger partial charge in [0.2, 0.25) is 0 Å². The Hall–Kier alpha value is -3.08. The van der Waals surface area contributed by atoms with E-state index in [1.165, 1.54) is 19.2 Å². The average molecular weight is 575 g/mol. The Balaban J connectivity index is 1.76. The van der Waals surface area contributed by atoms with Gasteiger partial charge < -0.3 is 13.9 Å². The van der Waals surface area contributed by atoms with Crippen molar-refractivity contribution in [1.82, 2.24) is 0 Å². The van der Waals surface area contributed by atoms with Crippen molar-refractivity contribution in [2.75, 3.05) is 19.5 Å².